The largest absolute Gasteiger partial charge is 0.479 e. The molecule has 0 aliphatic heterocycles. The molecule has 1 atom stereocenters. The van der Waals surface area contributed by atoms with E-state index in [1.807, 2.05) is 18.2 Å². The summed E-state index contributed by atoms with van der Waals surface area (Å²) in [5.74, 6) is -0.366. The van der Waals surface area contributed by atoms with Crippen molar-refractivity contribution < 1.29 is 14.6 Å². The van der Waals surface area contributed by atoms with E-state index in [-0.39, 0.29) is 0 Å². The van der Waals surface area contributed by atoms with Gasteiger partial charge in [-0.3, -0.25) is 0 Å². The van der Waals surface area contributed by atoms with Gasteiger partial charge in [0.1, 0.15) is 5.75 Å². The minimum absolute atomic E-state index is 0.593. The second-order valence-corrected chi connectivity index (χ2v) is 3.92. The van der Waals surface area contributed by atoms with E-state index in [1.54, 1.807) is 6.07 Å². The maximum atomic E-state index is 10.7. The average molecular weight is 237 g/mol. The Morgan fingerprint density at radius 2 is 2.29 bits per heavy atom. The smallest absolute Gasteiger partial charge is 0.344 e. The lowest BCUT2D eigenvalue weighted by Crippen LogP contribution is -2.23. The number of ether oxygens (including phenoxy) is 1. The molecule has 0 aliphatic rings. The van der Waals surface area contributed by atoms with Crippen molar-refractivity contribution in [2.75, 3.05) is 6.54 Å². The van der Waals surface area contributed by atoms with Gasteiger partial charge in [0.25, 0.3) is 0 Å². The Kier molecular flexibility index (Phi) is 5.49. The fraction of sp³-hybridized carbons (Fsp3) is 0.462. The molecule has 4 nitrogen and oxygen atoms in total. The third-order valence-corrected chi connectivity index (χ3v) is 2.31. The van der Waals surface area contributed by atoms with Gasteiger partial charge in [-0.05, 0) is 37.6 Å². The normalized spacial score (nSPS) is 12.1. The second kappa shape index (κ2) is 6.91. The lowest BCUT2D eigenvalue weighted by molar-refractivity contribution is -0.144. The summed E-state index contributed by atoms with van der Waals surface area (Å²) in [6.45, 7) is 5.37. The zero-order chi connectivity index (χ0) is 12.7. The molecule has 0 bridgehead atoms. The Morgan fingerprint density at radius 1 is 1.53 bits per heavy atom. The second-order valence-electron chi connectivity index (χ2n) is 3.92. The van der Waals surface area contributed by atoms with Gasteiger partial charge in [0.05, 0.1) is 0 Å². The van der Waals surface area contributed by atoms with E-state index >= 15 is 0 Å². The highest BCUT2D eigenvalue weighted by molar-refractivity contribution is 5.72. The number of rotatable bonds is 7. The predicted octanol–water partition coefficient (Wildman–Crippen LogP) is 2.04. The standard InChI is InChI=1S/C13H19NO3/c1-3-7-14-9-11-5-4-6-12(8-11)17-10(2)13(15)16/h4-6,8,10,14H,3,7,9H2,1-2H3,(H,15,16). The Bertz CT molecular complexity index is 365. The maximum absolute atomic E-state index is 10.7. The minimum Gasteiger partial charge on any atom is -0.479 e. The third-order valence-electron chi connectivity index (χ3n) is 2.31. The van der Waals surface area contributed by atoms with Crippen molar-refractivity contribution >= 4 is 5.97 Å². The molecule has 0 saturated carbocycles. The van der Waals surface area contributed by atoms with Crippen LogP contribution >= 0.6 is 0 Å². The van der Waals surface area contributed by atoms with Crippen LogP contribution in [0.2, 0.25) is 0 Å². The number of benzene rings is 1. The van der Waals surface area contributed by atoms with E-state index in [9.17, 15) is 4.79 Å². The van der Waals surface area contributed by atoms with Crippen LogP contribution in [0, 0.1) is 0 Å². The van der Waals surface area contributed by atoms with Crippen molar-refractivity contribution in [1.82, 2.24) is 5.32 Å². The summed E-state index contributed by atoms with van der Waals surface area (Å²) in [6, 6.07) is 7.48. The van der Waals surface area contributed by atoms with Crippen LogP contribution in [0.3, 0.4) is 0 Å². The van der Waals surface area contributed by atoms with Crippen LogP contribution in [0.25, 0.3) is 0 Å². The van der Waals surface area contributed by atoms with Gasteiger partial charge in [-0.2, -0.15) is 0 Å². The molecule has 0 spiro atoms. The average Bonchev–Trinajstić information content (AvgIpc) is 2.30. The van der Waals surface area contributed by atoms with Crippen molar-refractivity contribution in [2.24, 2.45) is 0 Å². The molecule has 1 unspecified atom stereocenters. The first kappa shape index (κ1) is 13.5. The highest BCUT2D eigenvalue weighted by Gasteiger charge is 2.12. The number of hydrogen-bond donors (Lipinski definition) is 2. The van der Waals surface area contributed by atoms with E-state index in [1.165, 1.54) is 6.92 Å². The highest BCUT2D eigenvalue weighted by Crippen LogP contribution is 2.15. The number of nitrogens with one attached hydrogen (secondary N) is 1. The molecule has 1 rings (SSSR count). The Labute approximate surface area is 102 Å². The molecule has 0 heterocycles. The summed E-state index contributed by atoms with van der Waals surface area (Å²) in [6.07, 6.45) is 0.264. The van der Waals surface area contributed by atoms with E-state index in [0.29, 0.717) is 5.75 Å². The summed E-state index contributed by atoms with van der Waals surface area (Å²) in [4.78, 5) is 10.7. The fourth-order valence-corrected chi connectivity index (χ4v) is 1.39. The third kappa shape index (κ3) is 4.87. The van der Waals surface area contributed by atoms with Crippen LogP contribution in [-0.4, -0.2) is 23.7 Å². The summed E-state index contributed by atoms with van der Waals surface area (Å²) >= 11 is 0. The molecule has 0 aromatic heterocycles. The monoisotopic (exact) mass is 237 g/mol. The zero-order valence-electron chi connectivity index (χ0n) is 10.3. The van der Waals surface area contributed by atoms with Crippen molar-refractivity contribution in [2.45, 2.75) is 32.9 Å². The van der Waals surface area contributed by atoms with Crippen LogP contribution in [-0.2, 0) is 11.3 Å². The first-order chi connectivity index (χ1) is 8.13. The van der Waals surface area contributed by atoms with Crippen molar-refractivity contribution in [3.05, 3.63) is 29.8 Å². The van der Waals surface area contributed by atoms with Crippen molar-refractivity contribution in [1.29, 1.82) is 0 Å². The van der Waals surface area contributed by atoms with Crippen LogP contribution in [0.5, 0.6) is 5.75 Å². The topological polar surface area (TPSA) is 58.6 Å². The number of carboxylic acids is 1. The van der Waals surface area contributed by atoms with Gasteiger partial charge < -0.3 is 15.2 Å². The summed E-state index contributed by atoms with van der Waals surface area (Å²) in [5, 5.41) is 12.0. The van der Waals surface area contributed by atoms with E-state index in [2.05, 4.69) is 12.2 Å². The Morgan fingerprint density at radius 3 is 2.94 bits per heavy atom. The molecule has 1 aromatic rings. The summed E-state index contributed by atoms with van der Waals surface area (Å²) < 4.78 is 5.30. The van der Waals surface area contributed by atoms with E-state index < -0.39 is 12.1 Å². The molecule has 0 radical (unpaired) electrons. The van der Waals surface area contributed by atoms with Gasteiger partial charge in [-0.25, -0.2) is 4.79 Å². The van der Waals surface area contributed by atoms with Gasteiger partial charge in [-0.1, -0.05) is 19.1 Å². The molecular formula is C13H19NO3. The maximum Gasteiger partial charge on any atom is 0.344 e. The molecule has 1 aromatic carbocycles. The summed E-state index contributed by atoms with van der Waals surface area (Å²) in [5.41, 5.74) is 1.09. The zero-order valence-corrected chi connectivity index (χ0v) is 10.3. The van der Waals surface area contributed by atoms with E-state index in [0.717, 1.165) is 25.1 Å². The van der Waals surface area contributed by atoms with Crippen molar-refractivity contribution in [3.8, 4) is 5.75 Å². The van der Waals surface area contributed by atoms with Gasteiger partial charge in [-0.15, -0.1) is 0 Å². The Balaban J connectivity index is 2.56. The van der Waals surface area contributed by atoms with Crippen LogP contribution in [0.4, 0.5) is 0 Å². The van der Waals surface area contributed by atoms with Crippen LogP contribution in [0.1, 0.15) is 25.8 Å². The lowest BCUT2D eigenvalue weighted by atomic mass is 10.2. The van der Waals surface area contributed by atoms with E-state index in [4.69, 9.17) is 9.84 Å². The number of carboxylic acid groups (broad SMARTS) is 1. The van der Waals surface area contributed by atoms with Gasteiger partial charge >= 0.3 is 5.97 Å². The molecule has 0 amide bonds. The van der Waals surface area contributed by atoms with Gasteiger partial charge in [0.15, 0.2) is 6.10 Å². The van der Waals surface area contributed by atoms with Crippen LogP contribution < -0.4 is 10.1 Å². The molecular weight excluding hydrogens is 218 g/mol. The first-order valence-corrected chi connectivity index (χ1v) is 5.82. The molecule has 2 N–H and O–H groups in total. The number of hydrogen-bond acceptors (Lipinski definition) is 3. The van der Waals surface area contributed by atoms with Gasteiger partial charge in [0.2, 0.25) is 0 Å². The van der Waals surface area contributed by atoms with Crippen molar-refractivity contribution in [3.63, 3.8) is 0 Å². The fourth-order valence-electron chi connectivity index (χ4n) is 1.39. The highest BCUT2D eigenvalue weighted by atomic mass is 16.5. The molecule has 94 valence electrons. The first-order valence-electron chi connectivity index (χ1n) is 5.82. The molecule has 0 saturated heterocycles. The number of carbonyl (C=O) groups is 1. The molecule has 17 heavy (non-hydrogen) atoms. The summed E-state index contributed by atoms with van der Waals surface area (Å²) in [7, 11) is 0. The number of aliphatic carboxylic acids is 1. The Hall–Kier alpha value is -1.55. The SMILES string of the molecule is CCCNCc1cccc(OC(C)C(=O)O)c1. The lowest BCUT2D eigenvalue weighted by Gasteiger charge is -2.11. The van der Waals surface area contributed by atoms with Crippen LogP contribution in [0.15, 0.2) is 24.3 Å². The predicted molar refractivity (Wildman–Crippen MR) is 66.2 cm³/mol. The van der Waals surface area contributed by atoms with Gasteiger partial charge in [0, 0.05) is 6.54 Å². The molecule has 0 aliphatic carbocycles. The quantitative estimate of drug-likeness (QED) is 0.712. The minimum atomic E-state index is -0.959. The molecule has 4 heteroatoms. The molecule has 0 fully saturated rings.